The lowest BCUT2D eigenvalue weighted by Gasteiger charge is -2.12. The van der Waals surface area contributed by atoms with E-state index in [4.69, 9.17) is 9.47 Å². The minimum Gasteiger partial charge on any atom is -0.497 e. The molecule has 0 saturated heterocycles. The molecule has 0 aliphatic carbocycles. The van der Waals surface area contributed by atoms with Crippen LogP contribution in [0.3, 0.4) is 0 Å². The van der Waals surface area contributed by atoms with Crippen LogP contribution in [-0.4, -0.2) is 17.2 Å². The van der Waals surface area contributed by atoms with E-state index in [2.05, 4.69) is 4.98 Å². The fraction of sp³-hybridized carbons (Fsp3) is 0.214. The summed E-state index contributed by atoms with van der Waals surface area (Å²) in [5.74, 6) is 1.73. The molecule has 0 fully saturated rings. The molecule has 94 valence electrons. The van der Waals surface area contributed by atoms with E-state index in [1.54, 1.807) is 38.4 Å². The Morgan fingerprint density at radius 1 is 1.17 bits per heavy atom. The number of aromatic nitrogens is 1. The number of pyridine rings is 1. The number of hydrogen-bond acceptors (Lipinski definition) is 4. The van der Waals surface area contributed by atoms with Crippen molar-refractivity contribution in [2.45, 2.75) is 13.0 Å². The summed E-state index contributed by atoms with van der Waals surface area (Å²) in [6, 6.07) is 10.8. The number of benzene rings is 1. The first-order valence-corrected chi connectivity index (χ1v) is 5.65. The second-order valence-corrected chi connectivity index (χ2v) is 3.85. The maximum Gasteiger partial charge on any atom is 0.225 e. The lowest BCUT2D eigenvalue weighted by atomic mass is 10.2. The molecule has 1 aromatic carbocycles. The molecule has 4 heteroatoms. The van der Waals surface area contributed by atoms with Gasteiger partial charge in [0.05, 0.1) is 13.2 Å². The number of ether oxygens (including phenoxy) is 2. The average Bonchev–Trinajstić information content (AvgIpc) is 2.39. The SMILES string of the molecule is COc1cccc(Oc2ncccc2[C@H](C)O)c1. The minimum absolute atomic E-state index is 0.403. The van der Waals surface area contributed by atoms with Crippen LogP contribution < -0.4 is 9.47 Å². The summed E-state index contributed by atoms with van der Waals surface area (Å²) in [6.45, 7) is 1.68. The van der Waals surface area contributed by atoms with Crippen molar-refractivity contribution in [2.75, 3.05) is 7.11 Å². The summed E-state index contributed by atoms with van der Waals surface area (Å²) in [6.07, 6.45) is 1.00. The van der Waals surface area contributed by atoms with Gasteiger partial charge in [0, 0.05) is 17.8 Å². The second kappa shape index (κ2) is 5.51. The molecule has 1 heterocycles. The molecule has 4 nitrogen and oxygen atoms in total. The molecule has 1 N–H and O–H groups in total. The van der Waals surface area contributed by atoms with Crippen LogP contribution in [0.2, 0.25) is 0 Å². The van der Waals surface area contributed by atoms with Crippen molar-refractivity contribution < 1.29 is 14.6 Å². The van der Waals surface area contributed by atoms with Crippen molar-refractivity contribution in [3.05, 3.63) is 48.2 Å². The van der Waals surface area contributed by atoms with E-state index in [1.807, 2.05) is 18.2 Å². The van der Waals surface area contributed by atoms with Gasteiger partial charge in [0.25, 0.3) is 0 Å². The Bertz CT molecular complexity index is 526. The third-order valence-electron chi connectivity index (χ3n) is 2.51. The Morgan fingerprint density at radius 3 is 2.67 bits per heavy atom. The molecule has 0 unspecified atom stereocenters. The third-order valence-corrected chi connectivity index (χ3v) is 2.51. The van der Waals surface area contributed by atoms with Gasteiger partial charge in [0.1, 0.15) is 11.5 Å². The van der Waals surface area contributed by atoms with E-state index in [0.717, 1.165) is 0 Å². The summed E-state index contributed by atoms with van der Waals surface area (Å²) in [5.41, 5.74) is 0.653. The monoisotopic (exact) mass is 245 g/mol. The number of aliphatic hydroxyl groups excluding tert-OH is 1. The molecule has 0 amide bonds. The first-order valence-electron chi connectivity index (χ1n) is 5.65. The molecule has 2 rings (SSSR count). The van der Waals surface area contributed by atoms with Gasteiger partial charge >= 0.3 is 0 Å². The molecular formula is C14H15NO3. The molecule has 0 radical (unpaired) electrons. The lowest BCUT2D eigenvalue weighted by Crippen LogP contribution is -1.98. The standard InChI is InChI=1S/C14H15NO3/c1-10(16)13-7-4-8-15-14(13)18-12-6-3-5-11(9-12)17-2/h3-10,16H,1-2H3/t10-/m0/s1. The van der Waals surface area contributed by atoms with Gasteiger partial charge in [0.15, 0.2) is 0 Å². The molecule has 0 aliphatic heterocycles. The number of hydrogen-bond donors (Lipinski definition) is 1. The Hall–Kier alpha value is -2.07. The molecule has 2 aromatic rings. The van der Waals surface area contributed by atoms with Gasteiger partial charge < -0.3 is 14.6 Å². The van der Waals surface area contributed by atoms with Crippen molar-refractivity contribution >= 4 is 0 Å². The summed E-state index contributed by atoms with van der Waals surface area (Å²) in [4.78, 5) is 4.13. The smallest absolute Gasteiger partial charge is 0.225 e. The van der Waals surface area contributed by atoms with Crippen molar-refractivity contribution in [3.63, 3.8) is 0 Å². The Labute approximate surface area is 106 Å². The molecule has 0 aliphatic rings. The van der Waals surface area contributed by atoms with Crippen molar-refractivity contribution in [3.8, 4) is 17.4 Å². The fourth-order valence-electron chi connectivity index (χ4n) is 1.58. The lowest BCUT2D eigenvalue weighted by molar-refractivity contribution is 0.194. The fourth-order valence-corrected chi connectivity index (χ4v) is 1.58. The highest BCUT2D eigenvalue weighted by Gasteiger charge is 2.10. The number of rotatable bonds is 4. The van der Waals surface area contributed by atoms with Crippen LogP contribution in [-0.2, 0) is 0 Å². The molecule has 1 atom stereocenters. The van der Waals surface area contributed by atoms with Crippen molar-refractivity contribution in [1.82, 2.24) is 4.98 Å². The zero-order valence-electron chi connectivity index (χ0n) is 10.3. The molecular weight excluding hydrogens is 230 g/mol. The van der Waals surface area contributed by atoms with E-state index in [1.165, 1.54) is 0 Å². The van der Waals surface area contributed by atoms with Crippen LogP contribution in [0.1, 0.15) is 18.6 Å². The maximum absolute atomic E-state index is 9.64. The zero-order chi connectivity index (χ0) is 13.0. The quantitative estimate of drug-likeness (QED) is 0.899. The molecule has 18 heavy (non-hydrogen) atoms. The number of nitrogens with zero attached hydrogens (tertiary/aromatic N) is 1. The van der Waals surface area contributed by atoms with Gasteiger partial charge in [-0.1, -0.05) is 6.07 Å². The van der Waals surface area contributed by atoms with Gasteiger partial charge in [-0.3, -0.25) is 0 Å². The number of methoxy groups -OCH3 is 1. The predicted molar refractivity (Wildman–Crippen MR) is 67.9 cm³/mol. The first-order chi connectivity index (χ1) is 8.70. The molecule has 0 bridgehead atoms. The number of aliphatic hydroxyl groups is 1. The Kier molecular flexibility index (Phi) is 3.79. The highest BCUT2D eigenvalue weighted by molar-refractivity contribution is 5.37. The average molecular weight is 245 g/mol. The van der Waals surface area contributed by atoms with E-state index in [-0.39, 0.29) is 0 Å². The highest BCUT2D eigenvalue weighted by Crippen LogP contribution is 2.28. The molecule has 0 saturated carbocycles. The molecule has 0 spiro atoms. The van der Waals surface area contributed by atoms with Crippen LogP contribution in [0.5, 0.6) is 17.4 Å². The Balaban J connectivity index is 2.28. The first kappa shape index (κ1) is 12.4. The Morgan fingerprint density at radius 2 is 1.94 bits per heavy atom. The summed E-state index contributed by atoms with van der Waals surface area (Å²) in [5, 5.41) is 9.64. The van der Waals surface area contributed by atoms with Crippen molar-refractivity contribution in [1.29, 1.82) is 0 Å². The zero-order valence-corrected chi connectivity index (χ0v) is 10.3. The van der Waals surface area contributed by atoms with Crippen LogP contribution in [0.4, 0.5) is 0 Å². The van der Waals surface area contributed by atoms with E-state index in [0.29, 0.717) is 22.9 Å². The molecule has 1 aromatic heterocycles. The van der Waals surface area contributed by atoms with Crippen LogP contribution >= 0.6 is 0 Å². The van der Waals surface area contributed by atoms with Gasteiger partial charge in [-0.05, 0) is 31.2 Å². The normalized spacial score (nSPS) is 11.9. The van der Waals surface area contributed by atoms with E-state index < -0.39 is 6.10 Å². The highest BCUT2D eigenvalue weighted by atomic mass is 16.5. The summed E-state index contributed by atoms with van der Waals surface area (Å²) < 4.78 is 10.8. The summed E-state index contributed by atoms with van der Waals surface area (Å²) in [7, 11) is 1.60. The summed E-state index contributed by atoms with van der Waals surface area (Å²) >= 11 is 0. The second-order valence-electron chi connectivity index (χ2n) is 3.85. The van der Waals surface area contributed by atoms with Gasteiger partial charge in [0.2, 0.25) is 5.88 Å². The van der Waals surface area contributed by atoms with Crippen molar-refractivity contribution in [2.24, 2.45) is 0 Å². The van der Waals surface area contributed by atoms with Gasteiger partial charge in [-0.15, -0.1) is 0 Å². The van der Waals surface area contributed by atoms with Crippen LogP contribution in [0.25, 0.3) is 0 Å². The van der Waals surface area contributed by atoms with Crippen LogP contribution in [0.15, 0.2) is 42.6 Å². The van der Waals surface area contributed by atoms with Gasteiger partial charge in [-0.25, -0.2) is 4.98 Å². The van der Waals surface area contributed by atoms with E-state index in [9.17, 15) is 5.11 Å². The minimum atomic E-state index is -0.626. The predicted octanol–water partition coefficient (Wildman–Crippen LogP) is 2.94. The topological polar surface area (TPSA) is 51.6 Å². The van der Waals surface area contributed by atoms with E-state index >= 15 is 0 Å². The van der Waals surface area contributed by atoms with Crippen LogP contribution in [0, 0.1) is 0 Å². The van der Waals surface area contributed by atoms with Gasteiger partial charge in [-0.2, -0.15) is 0 Å². The largest absolute Gasteiger partial charge is 0.497 e. The maximum atomic E-state index is 9.64. The third kappa shape index (κ3) is 2.78.